The smallest absolute Gasteiger partial charge is 0.115 e. The van der Waals surface area contributed by atoms with E-state index in [1.165, 1.54) is 0 Å². The number of likely N-dealkylation sites (N-methyl/N-ethyl adjacent to an activating group) is 1. The maximum atomic E-state index is 4.56. The molecule has 5 nitrogen and oxygen atoms in total. The van der Waals surface area contributed by atoms with Crippen LogP contribution in [-0.4, -0.2) is 26.8 Å². The minimum Gasteiger partial charge on any atom is -0.311 e. The Morgan fingerprint density at radius 3 is 2.72 bits per heavy atom. The number of rotatable bonds is 5. The van der Waals surface area contributed by atoms with E-state index in [1.807, 2.05) is 24.0 Å². The molecular weight excluding hydrogens is 226 g/mol. The third-order valence-corrected chi connectivity index (χ3v) is 2.92. The summed E-state index contributed by atoms with van der Waals surface area (Å²) in [5, 5.41) is 7.82. The normalized spacial score (nSPS) is 12.9. The standard InChI is InChI=1S/C13H19N5/c1-10(2)18-7-5-11(17-18)8-13(14-3)12-4-6-15-9-16-12/h4-7,9-10,13-14H,8H2,1-3H3. The quantitative estimate of drug-likeness (QED) is 0.872. The van der Waals surface area contributed by atoms with Gasteiger partial charge in [-0.15, -0.1) is 0 Å². The molecule has 0 aliphatic rings. The fraction of sp³-hybridized carbons (Fsp3) is 0.462. The van der Waals surface area contributed by atoms with E-state index in [4.69, 9.17) is 0 Å². The van der Waals surface area contributed by atoms with Crippen LogP contribution in [0.3, 0.4) is 0 Å². The number of nitrogens with zero attached hydrogens (tertiary/aromatic N) is 4. The van der Waals surface area contributed by atoms with Crippen molar-refractivity contribution in [1.82, 2.24) is 25.1 Å². The lowest BCUT2D eigenvalue weighted by molar-refractivity contribution is 0.512. The zero-order chi connectivity index (χ0) is 13.0. The second-order valence-corrected chi connectivity index (χ2v) is 4.56. The first-order chi connectivity index (χ1) is 8.70. The van der Waals surface area contributed by atoms with Crippen LogP contribution >= 0.6 is 0 Å². The lowest BCUT2D eigenvalue weighted by atomic mass is 10.1. The molecule has 0 aromatic carbocycles. The van der Waals surface area contributed by atoms with Crippen molar-refractivity contribution in [3.63, 3.8) is 0 Å². The zero-order valence-corrected chi connectivity index (χ0v) is 11.0. The van der Waals surface area contributed by atoms with Crippen molar-refractivity contribution in [3.05, 3.63) is 42.2 Å². The van der Waals surface area contributed by atoms with E-state index in [0.717, 1.165) is 17.8 Å². The highest BCUT2D eigenvalue weighted by atomic mass is 15.3. The zero-order valence-electron chi connectivity index (χ0n) is 11.0. The minimum atomic E-state index is 0.170. The molecule has 1 N–H and O–H groups in total. The molecule has 0 saturated heterocycles. The van der Waals surface area contributed by atoms with Crippen molar-refractivity contribution in [3.8, 4) is 0 Å². The monoisotopic (exact) mass is 245 g/mol. The molecule has 18 heavy (non-hydrogen) atoms. The van der Waals surface area contributed by atoms with Crippen LogP contribution in [0, 0.1) is 0 Å². The Labute approximate surface area is 107 Å². The molecule has 0 amide bonds. The summed E-state index contributed by atoms with van der Waals surface area (Å²) < 4.78 is 1.97. The molecule has 0 radical (unpaired) electrons. The molecule has 0 saturated carbocycles. The Balaban J connectivity index is 2.10. The second kappa shape index (κ2) is 5.73. The Hall–Kier alpha value is -1.75. The third kappa shape index (κ3) is 2.92. The Morgan fingerprint density at radius 1 is 1.33 bits per heavy atom. The van der Waals surface area contributed by atoms with Gasteiger partial charge in [-0.05, 0) is 33.0 Å². The predicted octanol–water partition coefficient (Wildman–Crippen LogP) is 1.76. The van der Waals surface area contributed by atoms with E-state index in [2.05, 4.69) is 40.3 Å². The molecule has 5 heteroatoms. The van der Waals surface area contributed by atoms with Gasteiger partial charge in [0.1, 0.15) is 6.33 Å². The van der Waals surface area contributed by atoms with Crippen LogP contribution < -0.4 is 5.32 Å². The Kier molecular flexibility index (Phi) is 4.04. The van der Waals surface area contributed by atoms with Crippen molar-refractivity contribution in [1.29, 1.82) is 0 Å². The molecule has 1 atom stereocenters. The molecular formula is C13H19N5. The Bertz CT molecular complexity index is 477. The summed E-state index contributed by atoms with van der Waals surface area (Å²) in [4.78, 5) is 8.22. The van der Waals surface area contributed by atoms with E-state index in [-0.39, 0.29) is 6.04 Å². The average molecular weight is 245 g/mol. The molecule has 2 aromatic rings. The molecule has 0 aliphatic heterocycles. The van der Waals surface area contributed by atoms with Crippen LogP contribution in [0.2, 0.25) is 0 Å². The van der Waals surface area contributed by atoms with Gasteiger partial charge < -0.3 is 5.32 Å². The summed E-state index contributed by atoms with van der Waals surface area (Å²) in [6.45, 7) is 4.24. The number of aromatic nitrogens is 4. The van der Waals surface area contributed by atoms with Crippen LogP contribution in [0.5, 0.6) is 0 Å². The van der Waals surface area contributed by atoms with Gasteiger partial charge in [0, 0.05) is 24.9 Å². The van der Waals surface area contributed by atoms with Gasteiger partial charge in [0.2, 0.25) is 0 Å². The first-order valence-corrected chi connectivity index (χ1v) is 6.18. The van der Waals surface area contributed by atoms with Gasteiger partial charge in [-0.3, -0.25) is 4.68 Å². The maximum Gasteiger partial charge on any atom is 0.115 e. The number of nitrogens with one attached hydrogen (secondary N) is 1. The van der Waals surface area contributed by atoms with Crippen LogP contribution in [0.15, 0.2) is 30.9 Å². The van der Waals surface area contributed by atoms with E-state index in [1.54, 1.807) is 12.5 Å². The molecule has 2 aromatic heterocycles. The highest BCUT2D eigenvalue weighted by Gasteiger charge is 2.13. The highest BCUT2D eigenvalue weighted by molar-refractivity contribution is 5.10. The molecule has 1 unspecified atom stereocenters. The van der Waals surface area contributed by atoms with E-state index in [9.17, 15) is 0 Å². The van der Waals surface area contributed by atoms with Gasteiger partial charge in [0.15, 0.2) is 0 Å². The highest BCUT2D eigenvalue weighted by Crippen LogP contribution is 2.15. The maximum absolute atomic E-state index is 4.56. The summed E-state index contributed by atoms with van der Waals surface area (Å²) in [5.74, 6) is 0. The molecule has 0 spiro atoms. The van der Waals surface area contributed by atoms with Gasteiger partial charge in [0.25, 0.3) is 0 Å². The van der Waals surface area contributed by atoms with Crippen LogP contribution in [0.4, 0.5) is 0 Å². The lowest BCUT2D eigenvalue weighted by Crippen LogP contribution is -2.20. The van der Waals surface area contributed by atoms with Crippen LogP contribution in [0.25, 0.3) is 0 Å². The summed E-state index contributed by atoms with van der Waals surface area (Å²) in [6, 6.07) is 4.56. The Morgan fingerprint density at radius 2 is 2.17 bits per heavy atom. The minimum absolute atomic E-state index is 0.170. The number of hydrogen-bond acceptors (Lipinski definition) is 4. The average Bonchev–Trinajstić information content (AvgIpc) is 2.86. The molecule has 0 fully saturated rings. The largest absolute Gasteiger partial charge is 0.311 e. The van der Waals surface area contributed by atoms with Crippen molar-refractivity contribution in [2.75, 3.05) is 7.05 Å². The first-order valence-electron chi connectivity index (χ1n) is 6.18. The van der Waals surface area contributed by atoms with Crippen LogP contribution in [0.1, 0.15) is 37.3 Å². The lowest BCUT2D eigenvalue weighted by Gasteiger charge is -2.13. The fourth-order valence-corrected chi connectivity index (χ4v) is 1.84. The summed E-state index contributed by atoms with van der Waals surface area (Å²) in [6.07, 6.45) is 6.19. The van der Waals surface area contributed by atoms with E-state index < -0.39 is 0 Å². The van der Waals surface area contributed by atoms with Gasteiger partial charge in [-0.2, -0.15) is 5.10 Å². The molecule has 0 bridgehead atoms. The van der Waals surface area contributed by atoms with Crippen molar-refractivity contribution in [2.24, 2.45) is 0 Å². The van der Waals surface area contributed by atoms with Crippen molar-refractivity contribution >= 4 is 0 Å². The third-order valence-electron chi connectivity index (χ3n) is 2.92. The topological polar surface area (TPSA) is 55.6 Å². The SMILES string of the molecule is CNC(Cc1ccn(C(C)C)n1)c1ccncn1. The number of hydrogen-bond donors (Lipinski definition) is 1. The predicted molar refractivity (Wildman–Crippen MR) is 70.1 cm³/mol. The fourth-order valence-electron chi connectivity index (χ4n) is 1.84. The van der Waals surface area contributed by atoms with E-state index in [0.29, 0.717) is 6.04 Å². The van der Waals surface area contributed by atoms with Gasteiger partial charge >= 0.3 is 0 Å². The summed E-state index contributed by atoms with van der Waals surface area (Å²) in [5.41, 5.74) is 2.06. The van der Waals surface area contributed by atoms with Crippen LogP contribution in [-0.2, 0) is 6.42 Å². The van der Waals surface area contributed by atoms with Gasteiger partial charge in [0.05, 0.1) is 17.4 Å². The van der Waals surface area contributed by atoms with Crippen molar-refractivity contribution in [2.45, 2.75) is 32.4 Å². The first kappa shape index (κ1) is 12.7. The molecule has 2 heterocycles. The second-order valence-electron chi connectivity index (χ2n) is 4.56. The van der Waals surface area contributed by atoms with E-state index >= 15 is 0 Å². The summed E-state index contributed by atoms with van der Waals surface area (Å²) >= 11 is 0. The molecule has 2 rings (SSSR count). The van der Waals surface area contributed by atoms with Crippen molar-refractivity contribution < 1.29 is 0 Å². The summed E-state index contributed by atoms with van der Waals surface area (Å²) in [7, 11) is 1.94. The molecule has 0 aliphatic carbocycles. The van der Waals surface area contributed by atoms with Gasteiger partial charge in [-0.25, -0.2) is 9.97 Å². The molecule has 96 valence electrons. The van der Waals surface area contributed by atoms with Gasteiger partial charge in [-0.1, -0.05) is 0 Å².